The minimum atomic E-state index is -0.881. The maximum absolute atomic E-state index is 14.0. The molecule has 2 aromatic rings. The van der Waals surface area contributed by atoms with Crippen LogP contribution in [0.5, 0.6) is 11.5 Å². The highest BCUT2D eigenvalue weighted by molar-refractivity contribution is 5.91. The molecule has 13 nitrogen and oxygen atoms in total. The summed E-state index contributed by atoms with van der Waals surface area (Å²) >= 11 is 0. The number of piperazine rings is 1. The third kappa shape index (κ3) is 7.30. The van der Waals surface area contributed by atoms with Crippen LogP contribution < -0.4 is 20.1 Å². The number of benzene rings is 2. The molecule has 0 aliphatic carbocycles. The molecule has 1 unspecified atom stereocenters. The summed E-state index contributed by atoms with van der Waals surface area (Å²) in [7, 11) is 0. The smallest absolute Gasteiger partial charge is 0.407 e. The van der Waals surface area contributed by atoms with E-state index < -0.39 is 24.3 Å². The number of nitrogens with zero attached hydrogens (tertiary/aromatic N) is 4. The maximum atomic E-state index is 14.0. The van der Waals surface area contributed by atoms with Gasteiger partial charge in [0.1, 0.15) is 18.8 Å². The zero-order valence-electron chi connectivity index (χ0n) is 24.9. The van der Waals surface area contributed by atoms with Crippen molar-refractivity contribution in [3.8, 4) is 23.8 Å². The second-order valence-electron chi connectivity index (χ2n) is 10.7. The first-order valence-electron chi connectivity index (χ1n) is 14.7. The van der Waals surface area contributed by atoms with Crippen molar-refractivity contribution in [2.24, 2.45) is 0 Å². The average molecular weight is 617 g/mol. The number of urea groups is 1. The van der Waals surface area contributed by atoms with Crippen LogP contribution in [0.4, 0.5) is 9.59 Å². The summed E-state index contributed by atoms with van der Waals surface area (Å²) in [6, 6.07) is 13.6. The minimum Gasteiger partial charge on any atom is -0.454 e. The monoisotopic (exact) mass is 616 g/mol. The Bertz CT molecular complexity index is 1460. The summed E-state index contributed by atoms with van der Waals surface area (Å²) in [5.74, 6) is 3.17. The molecule has 13 heteroatoms. The highest BCUT2D eigenvalue weighted by Crippen LogP contribution is 2.34. The van der Waals surface area contributed by atoms with Crippen LogP contribution in [-0.4, -0.2) is 95.5 Å². The molecule has 0 radical (unpaired) electrons. The number of alkyl carbamates (subject to hydrolysis) is 1. The van der Waals surface area contributed by atoms with Gasteiger partial charge in [-0.1, -0.05) is 55.0 Å². The first kappa shape index (κ1) is 31.2. The van der Waals surface area contributed by atoms with Gasteiger partial charge in [0.15, 0.2) is 11.5 Å². The van der Waals surface area contributed by atoms with E-state index in [0.717, 1.165) is 11.1 Å². The van der Waals surface area contributed by atoms with Crippen molar-refractivity contribution in [1.29, 1.82) is 0 Å². The summed E-state index contributed by atoms with van der Waals surface area (Å²) in [4.78, 5) is 56.5. The molecule has 0 spiro atoms. The second-order valence-corrected chi connectivity index (χ2v) is 10.7. The van der Waals surface area contributed by atoms with Crippen LogP contribution in [0.1, 0.15) is 24.0 Å². The van der Waals surface area contributed by atoms with E-state index in [1.807, 2.05) is 42.5 Å². The largest absolute Gasteiger partial charge is 0.454 e. The molecule has 2 N–H and O–H groups in total. The van der Waals surface area contributed by atoms with Crippen molar-refractivity contribution in [3.05, 3.63) is 72.3 Å². The van der Waals surface area contributed by atoms with Crippen LogP contribution in [0, 0.1) is 12.3 Å². The van der Waals surface area contributed by atoms with Gasteiger partial charge in [0, 0.05) is 19.6 Å². The molecule has 2 atom stereocenters. The van der Waals surface area contributed by atoms with Crippen molar-refractivity contribution < 1.29 is 33.4 Å². The van der Waals surface area contributed by atoms with E-state index in [9.17, 15) is 19.2 Å². The van der Waals surface area contributed by atoms with Gasteiger partial charge in [-0.05, 0) is 36.1 Å². The fraction of sp³-hybridized carbons (Fsp3) is 0.375. The molecule has 0 aromatic heterocycles. The maximum Gasteiger partial charge on any atom is 0.407 e. The van der Waals surface area contributed by atoms with E-state index in [2.05, 4.69) is 23.1 Å². The Labute approximate surface area is 261 Å². The van der Waals surface area contributed by atoms with E-state index in [4.69, 9.17) is 20.6 Å². The van der Waals surface area contributed by atoms with Crippen molar-refractivity contribution in [3.63, 3.8) is 0 Å². The van der Waals surface area contributed by atoms with Gasteiger partial charge >= 0.3 is 12.1 Å². The van der Waals surface area contributed by atoms with E-state index in [-0.39, 0.29) is 70.9 Å². The molecule has 3 aliphatic heterocycles. The number of hydrazine groups is 1. The van der Waals surface area contributed by atoms with Crippen LogP contribution in [0.25, 0.3) is 0 Å². The molecule has 2 aromatic carbocycles. The zero-order valence-corrected chi connectivity index (χ0v) is 24.9. The zero-order chi connectivity index (χ0) is 31.8. The van der Waals surface area contributed by atoms with Gasteiger partial charge in [-0.25, -0.2) is 14.6 Å². The molecule has 5 amide bonds. The number of nitrogens with one attached hydrogen (secondary N) is 2. The summed E-state index contributed by atoms with van der Waals surface area (Å²) in [5.41, 5.74) is 1.70. The Morgan fingerprint density at radius 3 is 2.67 bits per heavy atom. The lowest BCUT2D eigenvalue weighted by molar-refractivity contribution is -0.189. The van der Waals surface area contributed by atoms with E-state index in [1.165, 1.54) is 21.0 Å². The van der Waals surface area contributed by atoms with Crippen LogP contribution >= 0.6 is 0 Å². The Morgan fingerprint density at radius 2 is 1.89 bits per heavy atom. The number of hydrogen-bond acceptors (Lipinski definition) is 8. The SMILES string of the molecule is C#CCN1CC(=O)N2C(CN(Cc3ccc4c(c3)OCO4)C(=O)[C@@H]2CCCNC(=O)OCC=C)N1C(=O)NCc1ccccc1. The predicted octanol–water partition coefficient (Wildman–Crippen LogP) is 2.05. The first-order chi connectivity index (χ1) is 21.9. The number of fused-ring (bicyclic) bond motifs is 2. The van der Waals surface area contributed by atoms with Crippen molar-refractivity contribution in [2.45, 2.75) is 38.1 Å². The van der Waals surface area contributed by atoms with Gasteiger partial charge in [0.05, 0.1) is 19.6 Å². The molecule has 45 heavy (non-hydrogen) atoms. The Kier molecular flexibility index (Phi) is 10.1. The minimum absolute atomic E-state index is 0.0202. The average Bonchev–Trinajstić information content (AvgIpc) is 3.51. The third-order valence-electron chi connectivity index (χ3n) is 7.66. The van der Waals surface area contributed by atoms with Gasteiger partial charge in [0.2, 0.25) is 18.6 Å². The van der Waals surface area contributed by atoms with E-state index in [0.29, 0.717) is 17.9 Å². The van der Waals surface area contributed by atoms with Gasteiger partial charge in [-0.3, -0.25) is 9.59 Å². The summed E-state index contributed by atoms with van der Waals surface area (Å²) < 4.78 is 15.9. The fourth-order valence-electron chi connectivity index (χ4n) is 5.64. The topological polar surface area (TPSA) is 133 Å². The molecule has 5 rings (SSSR count). The number of ether oxygens (including phenoxy) is 3. The van der Waals surface area contributed by atoms with Gasteiger partial charge < -0.3 is 34.6 Å². The molecule has 3 heterocycles. The number of hydrogen-bond donors (Lipinski definition) is 2. The van der Waals surface area contributed by atoms with E-state index in [1.54, 1.807) is 11.0 Å². The van der Waals surface area contributed by atoms with Gasteiger partial charge in [0.25, 0.3) is 0 Å². The predicted molar refractivity (Wildman–Crippen MR) is 162 cm³/mol. The molecule has 236 valence electrons. The quantitative estimate of drug-likeness (QED) is 0.223. The van der Waals surface area contributed by atoms with E-state index >= 15 is 0 Å². The molecule has 2 fully saturated rings. The summed E-state index contributed by atoms with van der Waals surface area (Å²) in [6.45, 7) is 4.31. The number of carbonyl (C=O) groups excluding carboxylic acids is 4. The van der Waals surface area contributed by atoms with Crippen LogP contribution in [0.15, 0.2) is 61.2 Å². The number of carbonyl (C=O) groups is 4. The number of amides is 5. The standard InChI is InChI=1S/C32H36N6O7/c1-3-15-36-21-29(39)37-25(11-8-14-33-32(42)43-16-4-2)30(40)35(19-24-12-13-26-27(17-24)45-22-44-26)20-28(37)38(36)31(41)34-18-23-9-6-5-7-10-23/h1,4-7,9-10,12-13,17,25,28H,2,8,11,14-16,18-22H2,(H,33,42)(H,34,41)/t25-,28?/m0/s1. The highest BCUT2D eigenvalue weighted by atomic mass is 16.7. The van der Waals surface area contributed by atoms with Crippen molar-refractivity contribution in [1.82, 2.24) is 30.5 Å². The third-order valence-corrected chi connectivity index (χ3v) is 7.66. The van der Waals surface area contributed by atoms with Crippen molar-refractivity contribution >= 4 is 23.9 Å². The lowest BCUT2D eigenvalue weighted by atomic mass is 10.0. The molecule has 0 saturated carbocycles. The Morgan fingerprint density at radius 1 is 1.09 bits per heavy atom. The van der Waals surface area contributed by atoms with Gasteiger partial charge in [-0.15, -0.1) is 6.42 Å². The number of terminal acetylenes is 1. The molecular weight excluding hydrogens is 580 g/mol. The summed E-state index contributed by atoms with van der Waals surface area (Å²) in [5, 5.41) is 8.58. The normalized spacial score (nSPS) is 19.0. The molecule has 0 bridgehead atoms. The van der Waals surface area contributed by atoms with Gasteiger partial charge in [-0.2, -0.15) is 5.01 Å². The molecule has 2 saturated heterocycles. The molecule has 3 aliphatic rings. The lowest BCUT2D eigenvalue weighted by Crippen LogP contribution is -2.76. The Balaban J connectivity index is 1.39. The van der Waals surface area contributed by atoms with Crippen LogP contribution in [0.2, 0.25) is 0 Å². The summed E-state index contributed by atoms with van der Waals surface area (Å²) in [6.07, 6.45) is 6.30. The fourth-order valence-corrected chi connectivity index (χ4v) is 5.64. The lowest BCUT2D eigenvalue weighted by Gasteiger charge is -2.55. The number of rotatable bonds is 11. The Hall–Kier alpha value is -5.22. The highest BCUT2D eigenvalue weighted by Gasteiger charge is 2.51. The second kappa shape index (κ2) is 14.5. The van der Waals surface area contributed by atoms with Crippen LogP contribution in [0.3, 0.4) is 0 Å². The molecular formula is C32H36N6O7. The first-order valence-corrected chi connectivity index (χ1v) is 14.7. The van der Waals surface area contributed by atoms with Crippen LogP contribution in [-0.2, 0) is 27.4 Å². The van der Waals surface area contributed by atoms with Crippen molar-refractivity contribution in [2.75, 3.05) is 39.6 Å².